The number of hydrogen-bond donors (Lipinski definition) is 2. The Morgan fingerprint density at radius 1 is 1.02 bits per heavy atom. The molecule has 3 aliphatic rings. The molecule has 2 fully saturated rings. The maximum Gasteiger partial charge on any atom is 0.407 e. The van der Waals surface area contributed by atoms with E-state index in [1.807, 2.05) is 67.3 Å². The zero-order chi connectivity index (χ0) is 34.7. The predicted molar refractivity (Wildman–Crippen MR) is 181 cm³/mol. The van der Waals surface area contributed by atoms with Gasteiger partial charge in [-0.05, 0) is 17.9 Å². The van der Waals surface area contributed by atoms with Crippen molar-refractivity contribution in [1.82, 2.24) is 25.1 Å². The molecule has 3 aliphatic heterocycles. The van der Waals surface area contributed by atoms with E-state index in [0.717, 1.165) is 17.5 Å². The number of carbonyl (C=O) groups is 3. The summed E-state index contributed by atoms with van der Waals surface area (Å²) in [6, 6.07) is 15.1. The van der Waals surface area contributed by atoms with E-state index in [0.29, 0.717) is 36.0 Å². The van der Waals surface area contributed by atoms with Crippen LogP contribution in [0.15, 0.2) is 54.6 Å². The van der Waals surface area contributed by atoms with Gasteiger partial charge in [0.15, 0.2) is 5.82 Å². The zero-order valence-corrected chi connectivity index (χ0v) is 28.7. The zero-order valence-electron chi connectivity index (χ0n) is 27.8. The third-order valence-electron chi connectivity index (χ3n) is 9.05. The van der Waals surface area contributed by atoms with Gasteiger partial charge in [0.25, 0.3) is 5.91 Å². The molecule has 3 atom stereocenters. The van der Waals surface area contributed by atoms with Crippen molar-refractivity contribution in [2.45, 2.75) is 44.9 Å². The average molecular weight is 693 g/mol. The summed E-state index contributed by atoms with van der Waals surface area (Å²) in [6.07, 6.45) is -0.697. The predicted octanol–water partition coefficient (Wildman–Crippen LogP) is 4.22. The minimum atomic E-state index is -3.97. The number of hydrogen-bond acceptors (Lipinski definition) is 10. The number of rotatable bonds is 9. The minimum Gasteiger partial charge on any atom is -0.465 e. The third kappa shape index (κ3) is 7.71. The fourth-order valence-electron chi connectivity index (χ4n) is 6.25. The summed E-state index contributed by atoms with van der Waals surface area (Å²) in [5.74, 6) is 0.218. The highest BCUT2D eigenvalue weighted by atomic mass is 31.2. The number of carboxylic acid groups (broad SMARTS) is 1. The molecule has 1 aromatic heterocycles. The van der Waals surface area contributed by atoms with Gasteiger partial charge in [-0.2, -0.15) is 0 Å². The maximum atomic E-state index is 14.3. The second-order valence-corrected chi connectivity index (χ2v) is 14.7. The molecular formula is C34H41N6O8P. The third-order valence-corrected chi connectivity index (χ3v) is 10.8. The molecule has 2 aromatic carbocycles. The molecule has 260 valence electrons. The first kappa shape index (κ1) is 34.3. The normalized spacial score (nSPS) is 21.2. The standard InChI is InChI=1S/C34H41N6O8P/c1-22(2)26-11-7-10-24-20-47-49(45,48-30(24)26)21-28(33(42)38-14-16-39(17-15-38)34(43)44)36-32(41)27-18-29(40-13-12-25(19-40)46-3)37-31(35-27)23-8-5-4-6-9-23/h4-11,18,22,25,28H,12-17,19-21H2,1-3H3,(H,36,41)(H,43,44)/t25-,28-,49?/m0/s1. The van der Waals surface area contributed by atoms with E-state index in [4.69, 9.17) is 18.8 Å². The highest BCUT2D eigenvalue weighted by molar-refractivity contribution is 7.54. The molecule has 2 N–H and O–H groups in total. The number of carbonyl (C=O) groups excluding carboxylic acids is 2. The van der Waals surface area contributed by atoms with Crippen LogP contribution in [0.3, 0.4) is 0 Å². The SMILES string of the molecule is CO[C@H]1CCN(c2cc(C(=O)N[C@@H](CP3(=O)OCc4cccc(C(C)C)c4O3)C(=O)N3CCN(C(=O)O)CC3)nc(-c3ccccc3)n2)C1. The second kappa shape index (κ2) is 14.5. The highest BCUT2D eigenvalue weighted by Crippen LogP contribution is 2.55. The molecule has 3 aromatic rings. The van der Waals surface area contributed by atoms with Gasteiger partial charge in [0, 0.05) is 63.6 Å². The Bertz CT molecular complexity index is 1750. The van der Waals surface area contributed by atoms with E-state index in [9.17, 15) is 24.1 Å². The van der Waals surface area contributed by atoms with Crippen molar-refractivity contribution < 1.29 is 37.8 Å². The first-order valence-electron chi connectivity index (χ1n) is 16.4. The molecule has 0 saturated carbocycles. The van der Waals surface area contributed by atoms with Gasteiger partial charge in [0.05, 0.1) is 18.9 Å². The first-order chi connectivity index (χ1) is 23.5. The number of nitrogens with zero attached hydrogens (tertiary/aromatic N) is 5. The maximum absolute atomic E-state index is 14.3. The van der Waals surface area contributed by atoms with Crippen molar-refractivity contribution >= 4 is 31.3 Å². The van der Waals surface area contributed by atoms with Gasteiger partial charge in [-0.3, -0.25) is 14.1 Å². The van der Waals surface area contributed by atoms with E-state index in [-0.39, 0.29) is 50.5 Å². The summed E-state index contributed by atoms with van der Waals surface area (Å²) in [5.41, 5.74) is 2.33. The largest absolute Gasteiger partial charge is 0.465 e. The second-order valence-electron chi connectivity index (χ2n) is 12.7. The molecule has 0 aliphatic carbocycles. The van der Waals surface area contributed by atoms with E-state index >= 15 is 0 Å². The van der Waals surface area contributed by atoms with Crippen molar-refractivity contribution in [3.63, 3.8) is 0 Å². The van der Waals surface area contributed by atoms with Crippen molar-refractivity contribution in [2.75, 3.05) is 57.4 Å². The number of ether oxygens (including phenoxy) is 1. The average Bonchev–Trinajstić information content (AvgIpc) is 3.60. The van der Waals surface area contributed by atoms with Crippen molar-refractivity contribution in [3.05, 3.63) is 71.4 Å². The number of aromatic nitrogens is 2. The fraction of sp³-hybridized carbons (Fsp3) is 0.441. The first-order valence-corrected chi connectivity index (χ1v) is 18.1. The molecular weight excluding hydrogens is 651 g/mol. The Labute approximate surface area is 284 Å². The molecule has 0 radical (unpaired) electrons. The Morgan fingerprint density at radius 3 is 2.43 bits per heavy atom. The molecule has 15 heteroatoms. The Hall–Kier alpha value is -4.52. The molecule has 49 heavy (non-hydrogen) atoms. The van der Waals surface area contributed by atoms with Gasteiger partial charge in [-0.1, -0.05) is 62.4 Å². The van der Waals surface area contributed by atoms with Crippen LogP contribution in [0.25, 0.3) is 11.4 Å². The number of methoxy groups -OCH3 is 1. The number of para-hydroxylation sites is 1. The van der Waals surface area contributed by atoms with E-state index in [1.54, 1.807) is 13.2 Å². The van der Waals surface area contributed by atoms with E-state index < -0.39 is 37.7 Å². The van der Waals surface area contributed by atoms with Crippen LogP contribution in [0.2, 0.25) is 0 Å². The van der Waals surface area contributed by atoms with Crippen LogP contribution >= 0.6 is 7.60 Å². The van der Waals surface area contributed by atoms with Crippen LogP contribution in [0.5, 0.6) is 5.75 Å². The van der Waals surface area contributed by atoms with Crippen LogP contribution in [0.4, 0.5) is 10.6 Å². The number of anilines is 1. The lowest BCUT2D eigenvalue weighted by Crippen LogP contribution is -2.56. The van der Waals surface area contributed by atoms with Crippen molar-refractivity contribution in [1.29, 1.82) is 0 Å². The summed E-state index contributed by atoms with van der Waals surface area (Å²) < 4.78 is 31.7. The number of piperazine rings is 1. The summed E-state index contributed by atoms with van der Waals surface area (Å²) >= 11 is 0. The quantitative estimate of drug-likeness (QED) is 0.309. The summed E-state index contributed by atoms with van der Waals surface area (Å²) in [5, 5.41) is 12.2. The molecule has 0 spiro atoms. The van der Waals surface area contributed by atoms with Crippen LogP contribution in [0.1, 0.15) is 47.8 Å². The topological polar surface area (TPSA) is 164 Å². The number of nitrogens with one attached hydrogen (secondary N) is 1. The Kier molecular flexibility index (Phi) is 10.2. The molecule has 14 nitrogen and oxygen atoms in total. The number of fused-ring (bicyclic) bond motifs is 1. The van der Waals surface area contributed by atoms with Gasteiger partial charge in [-0.25, -0.2) is 19.3 Å². The monoisotopic (exact) mass is 692 g/mol. The van der Waals surface area contributed by atoms with Crippen molar-refractivity contribution in [3.8, 4) is 17.1 Å². The summed E-state index contributed by atoms with van der Waals surface area (Å²) in [4.78, 5) is 53.7. The number of amides is 3. The van der Waals surface area contributed by atoms with Gasteiger partial charge >= 0.3 is 13.7 Å². The Morgan fingerprint density at radius 2 is 1.76 bits per heavy atom. The van der Waals surface area contributed by atoms with Gasteiger partial charge in [0.1, 0.15) is 23.3 Å². The smallest absolute Gasteiger partial charge is 0.407 e. The lowest BCUT2D eigenvalue weighted by molar-refractivity contribution is -0.134. The summed E-state index contributed by atoms with van der Waals surface area (Å²) in [6.45, 7) is 5.70. The molecule has 6 rings (SSSR count). The Balaban J connectivity index is 1.31. The molecule has 0 bridgehead atoms. The molecule has 1 unspecified atom stereocenters. The highest BCUT2D eigenvalue weighted by Gasteiger charge is 2.41. The van der Waals surface area contributed by atoms with Gasteiger partial charge < -0.3 is 34.4 Å². The van der Waals surface area contributed by atoms with Crippen molar-refractivity contribution in [2.24, 2.45) is 0 Å². The fourth-order valence-corrected chi connectivity index (χ4v) is 8.01. The number of benzene rings is 2. The molecule has 4 heterocycles. The van der Waals surface area contributed by atoms with Crippen LogP contribution in [-0.2, 0) is 25.2 Å². The molecule has 2 saturated heterocycles. The van der Waals surface area contributed by atoms with Crippen LogP contribution in [0, 0.1) is 0 Å². The van der Waals surface area contributed by atoms with Crippen LogP contribution in [-0.4, -0.2) is 107 Å². The summed E-state index contributed by atoms with van der Waals surface area (Å²) in [7, 11) is -2.30. The molecule has 3 amide bonds. The lowest BCUT2D eigenvalue weighted by atomic mass is 9.99. The van der Waals surface area contributed by atoms with E-state index in [2.05, 4.69) is 10.3 Å². The van der Waals surface area contributed by atoms with E-state index in [1.165, 1.54) is 9.80 Å². The van der Waals surface area contributed by atoms with Gasteiger partial charge in [0.2, 0.25) is 5.91 Å². The minimum absolute atomic E-state index is 0.0186. The van der Waals surface area contributed by atoms with Crippen LogP contribution < -0.4 is 14.7 Å². The van der Waals surface area contributed by atoms with Gasteiger partial charge in [-0.15, -0.1) is 0 Å². The lowest BCUT2D eigenvalue weighted by Gasteiger charge is -2.36.